The van der Waals surface area contributed by atoms with E-state index >= 15 is 0 Å². The highest BCUT2D eigenvalue weighted by Gasteiger charge is 2.31. The van der Waals surface area contributed by atoms with Crippen LogP contribution in [0.2, 0.25) is 0 Å². The normalized spacial score (nSPS) is 12.5. The van der Waals surface area contributed by atoms with Crippen LogP contribution in [0.1, 0.15) is 24.7 Å². The summed E-state index contributed by atoms with van der Waals surface area (Å²) in [4.78, 5) is 4.69. The molecule has 2 aromatic heterocycles. The standard InChI is InChI=1S/C20H19F3N6O2S2/c1-3-10-28-17-11-13(20(21,22)23)4-9-16(17)24-19(28)32-12-18-25-26-27-29(18)14-5-7-15(8-6-14)33(2,30)31/h4-9,11H,3,10,12H2,1-2H3. The van der Waals surface area contributed by atoms with Crippen molar-refractivity contribution >= 4 is 32.6 Å². The highest BCUT2D eigenvalue weighted by atomic mass is 32.2. The maximum Gasteiger partial charge on any atom is 0.416 e. The third-order valence-electron chi connectivity index (χ3n) is 4.86. The molecule has 0 amide bonds. The van der Waals surface area contributed by atoms with Crippen LogP contribution in [0, 0.1) is 0 Å². The minimum atomic E-state index is -4.43. The molecule has 4 aromatic rings. The quantitative estimate of drug-likeness (QED) is 0.355. The van der Waals surface area contributed by atoms with Gasteiger partial charge < -0.3 is 4.57 Å². The van der Waals surface area contributed by atoms with Gasteiger partial charge in [0.2, 0.25) is 0 Å². The van der Waals surface area contributed by atoms with Gasteiger partial charge in [0.25, 0.3) is 0 Å². The van der Waals surface area contributed by atoms with Crippen LogP contribution in [-0.4, -0.2) is 44.4 Å². The lowest BCUT2D eigenvalue weighted by molar-refractivity contribution is -0.137. The van der Waals surface area contributed by atoms with Crippen LogP contribution in [0.5, 0.6) is 0 Å². The number of aromatic nitrogens is 6. The van der Waals surface area contributed by atoms with E-state index in [0.29, 0.717) is 40.0 Å². The number of sulfone groups is 1. The fourth-order valence-electron chi connectivity index (χ4n) is 3.29. The van der Waals surface area contributed by atoms with Gasteiger partial charge in [0.15, 0.2) is 20.8 Å². The molecule has 4 rings (SSSR count). The molecular formula is C20H19F3N6O2S2. The Labute approximate surface area is 191 Å². The van der Waals surface area contributed by atoms with E-state index < -0.39 is 21.6 Å². The van der Waals surface area contributed by atoms with E-state index in [1.165, 1.54) is 34.6 Å². The van der Waals surface area contributed by atoms with Gasteiger partial charge in [-0.2, -0.15) is 17.9 Å². The van der Waals surface area contributed by atoms with Gasteiger partial charge in [-0.3, -0.25) is 0 Å². The first-order chi connectivity index (χ1) is 15.6. The summed E-state index contributed by atoms with van der Waals surface area (Å²) in [5.74, 6) is 0.790. The molecular weight excluding hydrogens is 477 g/mol. The second-order valence-corrected chi connectivity index (χ2v) is 10.3. The van der Waals surface area contributed by atoms with Gasteiger partial charge in [-0.05, 0) is 59.3 Å². The second kappa shape index (κ2) is 8.78. The summed E-state index contributed by atoms with van der Waals surface area (Å²) in [6.07, 6.45) is -2.58. The molecule has 0 aliphatic rings. The zero-order valence-electron chi connectivity index (χ0n) is 17.6. The van der Waals surface area contributed by atoms with Crippen LogP contribution >= 0.6 is 11.8 Å². The number of nitrogens with zero attached hydrogens (tertiary/aromatic N) is 6. The van der Waals surface area contributed by atoms with E-state index in [0.717, 1.165) is 24.8 Å². The second-order valence-electron chi connectivity index (χ2n) is 7.31. The molecule has 174 valence electrons. The van der Waals surface area contributed by atoms with Gasteiger partial charge in [0.05, 0.1) is 32.9 Å². The van der Waals surface area contributed by atoms with Gasteiger partial charge in [-0.25, -0.2) is 13.4 Å². The van der Waals surface area contributed by atoms with E-state index in [1.54, 1.807) is 16.7 Å². The highest BCUT2D eigenvalue weighted by Crippen LogP contribution is 2.33. The van der Waals surface area contributed by atoms with Crippen molar-refractivity contribution in [3.8, 4) is 5.69 Å². The summed E-state index contributed by atoms with van der Waals surface area (Å²) in [6, 6.07) is 9.68. The fraction of sp³-hybridized carbons (Fsp3) is 0.300. The number of halogens is 3. The lowest BCUT2D eigenvalue weighted by atomic mass is 10.2. The zero-order chi connectivity index (χ0) is 23.8. The Morgan fingerprint density at radius 3 is 2.45 bits per heavy atom. The molecule has 13 heteroatoms. The summed E-state index contributed by atoms with van der Waals surface area (Å²) in [5.41, 5.74) is 0.769. The number of imidazole rings is 1. The monoisotopic (exact) mass is 496 g/mol. The van der Waals surface area contributed by atoms with Gasteiger partial charge in [-0.1, -0.05) is 18.7 Å². The first-order valence-corrected chi connectivity index (χ1v) is 12.7. The van der Waals surface area contributed by atoms with Crippen molar-refractivity contribution in [3.05, 3.63) is 53.9 Å². The molecule has 0 bridgehead atoms. The third-order valence-corrected chi connectivity index (χ3v) is 6.96. The number of rotatable bonds is 7. The van der Waals surface area contributed by atoms with Crippen molar-refractivity contribution in [3.63, 3.8) is 0 Å². The molecule has 0 spiro atoms. The minimum Gasteiger partial charge on any atom is -0.319 e. The van der Waals surface area contributed by atoms with E-state index in [9.17, 15) is 21.6 Å². The molecule has 0 unspecified atom stereocenters. The smallest absolute Gasteiger partial charge is 0.319 e. The predicted octanol–water partition coefficient (Wildman–Crippen LogP) is 4.14. The van der Waals surface area contributed by atoms with Crippen molar-refractivity contribution in [2.24, 2.45) is 0 Å². The molecule has 33 heavy (non-hydrogen) atoms. The molecule has 0 radical (unpaired) electrons. The average Bonchev–Trinajstić information content (AvgIpc) is 3.35. The van der Waals surface area contributed by atoms with Crippen LogP contribution in [0.3, 0.4) is 0 Å². The Kier molecular flexibility index (Phi) is 6.18. The number of alkyl halides is 3. The molecule has 2 aromatic carbocycles. The minimum absolute atomic E-state index is 0.182. The van der Waals surface area contributed by atoms with E-state index in [-0.39, 0.29) is 4.90 Å². The summed E-state index contributed by atoms with van der Waals surface area (Å²) in [5, 5.41) is 12.3. The summed E-state index contributed by atoms with van der Waals surface area (Å²) < 4.78 is 66.1. The van der Waals surface area contributed by atoms with E-state index in [1.807, 2.05) is 6.92 Å². The van der Waals surface area contributed by atoms with Crippen molar-refractivity contribution in [1.29, 1.82) is 0 Å². The van der Waals surface area contributed by atoms with Crippen molar-refractivity contribution in [2.75, 3.05) is 6.26 Å². The Hall–Kier alpha value is -2.93. The molecule has 0 fully saturated rings. The highest BCUT2D eigenvalue weighted by molar-refractivity contribution is 7.98. The molecule has 0 aliphatic carbocycles. The summed E-state index contributed by atoms with van der Waals surface area (Å²) in [7, 11) is -3.33. The molecule has 0 atom stereocenters. The molecule has 0 saturated carbocycles. The zero-order valence-corrected chi connectivity index (χ0v) is 19.2. The molecule has 8 nitrogen and oxygen atoms in total. The number of hydrogen-bond acceptors (Lipinski definition) is 7. The van der Waals surface area contributed by atoms with Crippen molar-refractivity contribution in [2.45, 2.75) is 41.9 Å². The molecule has 0 saturated heterocycles. The molecule has 0 N–H and O–H groups in total. The van der Waals surface area contributed by atoms with Crippen LogP contribution < -0.4 is 0 Å². The van der Waals surface area contributed by atoms with Crippen LogP contribution in [0.15, 0.2) is 52.5 Å². The number of thioether (sulfide) groups is 1. The van der Waals surface area contributed by atoms with Gasteiger partial charge in [0, 0.05) is 12.8 Å². The SMILES string of the molecule is CCCn1c(SCc2nnnn2-c2ccc(S(C)(=O)=O)cc2)nc2ccc(C(F)(F)F)cc21. The van der Waals surface area contributed by atoms with Crippen LogP contribution in [-0.2, 0) is 28.3 Å². The van der Waals surface area contributed by atoms with Crippen LogP contribution in [0.4, 0.5) is 13.2 Å². The van der Waals surface area contributed by atoms with Crippen LogP contribution in [0.25, 0.3) is 16.7 Å². The maximum absolute atomic E-state index is 13.2. The van der Waals surface area contributed by atoms with Gasteiger partial charge in [-0.15, -0.1) is 5.10 Å². The molecule has 0 aliphatic heterocycles. The Morgan fingerprint density at radius 2 is 1.82 bits per heavy atom. The number of tetrazole rings is 1. The molecule has 2 heterocycles. The third kappa shape index (κ3) is 4.88. The van der Waals surface area contributed by atoms with E-state index in [4.69, 9.17) is 0 Å². The largest absolute Gasteiger partial charge is 0.416 e. The Balaban J connectivity index is 1.62. The number of benzene rings is 2. The summed E-state index contributed by atoms with van der Waals surface area (Å²) in [6.45, 7) is 2.45. The lowest BCUT2D eigenvalue weighted by Crippen LogP contribution is -2.06. The Bertz CT molecular complexity index is 1400. The van der Waals surface area contributed by atoms with E-state index in [2.05, 4.69) is 20.5 Å². The lowest BCUT2D eigenvalue weighted by Gasteiger charge is -2.10. The average molecular weight is 497 g/mol. The van der Waals surface area contributed by atoms with Crippen molar-refractivity contribution in [1.82, 2.24) is 29.8 Å². The predicted molar refractivity (Wildman–Crippen MR) is 117 cm³/mol. The van der Waals surface area contributed by atoms with Gasteiger partial charge >= 0.3 is 6.18 Å². The topological polar surface area (TPSA) is 95.6 Å². The first kappa shape index (κ1) is 23.2. The fourth-order valence-corrected chi connectivity index (χ4v) is 4.86. The maximum atomic E-state index is 13.2. The number of hydrogen-bond donors (Lipinski definition) is 0. The Morgan fingerprint density at radius 1 is 1.09 bits per heavy atom. The summed E-state index contributed by atoms with van der Waals surface area (Å²) >= 11 is 1.31. The number of fused-ring (bicyclic) bond motifs is 1. The van der Waals surface area contributed by atoms with Gasteiger partial charge in [0.1, 0.15) is 0 Å². The van der Waals surface area contributed by atoms with Crippen molar-refractivity contribution < 1.29 is 21.6 Å². The first-order valence-electron chi connectivity index (χ1n) is 9.86. The number of aryl methyl sites for hydroxylation is 1.